The van der Waals surface area contributed by atoms with E-state index in [0.29, 0.717) is 0 Å². The van der Waals surface area contributed by atoms with E-state index in [0.717, 1.165) is 109 Å². The molecule has 6 aliphatic rings. The highest BCUT2D eigenvalue weighted by Gasteiger charge is 2.51. The molecule has 2 nitrogen and oxygen atoms in total. The first-order chi connectivity index (χ1) is 71.1. The van der Waals surface area contributed by atoms with Gasteiger partial charge in [0.1, 0.15) is 0 Å². The number of anilines is 6. The average molecular weight is 1880 g/mol. The summed E-state index contributed by atoms with van der Waals surface area (Å²) in [5.74, 6) is 15.6. The van der Waals surface area contributed by atoms with Gasteiger partial charge in [0, 0.05) is 39.5 Å². The molecule has 0 bridgehead atoms. The van der Waals surface area contributed by atoms with Crippen LogP contribution in [0, 0.1) is 63.7 Å². The minimum Gasteiger partial charge on any atom is -0.310 e. The summed E-state index contributed by atoms with van der Waals surface area (Å²) in [6.45, 7) is 20.6. The average Bonchev–Trinajstić information content (AvgIpc) is 1.54. The van der Waals surface area contributed by atoms with Crippen LogP contribution in [0.3, 0.4) is 0 Å². The Bertz CT molecular complexity index is 7640. The smallest absolute Gasteiger partial charge is 0.0806 e. The summed E-state index contributed by atoms with van der Waals surface area (Å²) in [5, 5.41) is 0. The third-order valence-electron chi connectivity index (χ3n) is 34.1. The predicted octanol–water partition coefficient (Wildman–Crippen LogP) is 37.7. The molecular weight excluding hydrogens is 1750 g/mol. The molecule has 0 aromatic heterocycles. The Labute approximate surface area is 865 Å². The van der Waals surface area contributed by atoms with Crippen molar-refractivity contribution in [3.63, 3.8) is 0 Å². The maximum absolute atomic E-state index is 5.85. The fourth-order valence-corrected chi connectivity index (χ4v) is 26.1. The molecule has 16 aromatic rings. The van der Waals surface area contributed by atoms with Crippen molar-refractivity contribution in [2.75, 3.05) is 9.80 Å². The van der Waals surface area contributed by atoms with Gasteiger partial charge in [-0.2, -0.15) is 0 Å². The quantitative estimate of drug-likeness (QED) is 0.0283. The highest BCUT2D eigenvalue weighted by atomic mass is 15.1. The molecule has 6 aliphatic carbocycles. The van der Waals surface area contributed by atoms with Gasteiger partial charge in [-0.1, -0.05) is 402 Å². The van der Waals surface area contributed by atoms with E-state index in [1.54, 1.807) is 0 Å². The van der Waals surface area contributed by atoms with Crippen molar-refractivity contribution in [2.24, 2.45) is 0 Å². The number of benzene rings is 16. The van der Waals surface area contributed by atoms with Crippen LogP contribution >= 0.6 is 0 Å². The van der Waals surface area contributed by atoms with Crippen LogP contribution in [-0.4, -0.2) is 0 Å². The van der Waals surface area contributed by atoms with E-state index in [2.05, 4.69) is 429 Å². The number of hydrogen-bond donors (Lipinski definition) is 0. The topological polar surface area (TPSA) is 6.48 Å². The first kappa shape index (κ1) is 95.6. The maximum atomic E-state index is 5.85. The summed E-state index contributed by atoms with van der Waals surface area (Å²) in [5.41, 5.74) is 52.3. The number of hydrogen-bond acceptors (Lipinski definition) is 2. The van der Waals surface area contributed by atoms with E-state index in [-0.39, 0.29) is 5.41 Å². The molecular formula is C143H138N2. The summed E-state index contributed by atoms with van der Waals surface area (Å²) in [6.07, 6.45) is 39.4. The van der Waals surface area contributed by atoms with Gasteiger partial charge in [0.25, 0.3) is 0 Å². The Morgan fingerprint density at radius 3 is 0.945 bits per heavy atom. The fraction of sp³-hybridized carbons (Fsp3) is 0.287. The molecule has 2 heteroatoms. The van der Waals surface area contributed by atoms with Crippen LogP contribution in [0.4, 0.5) is 34.1 Å². The van der Waals surface area contributed by atoms with Crippen LogP contribution in [0.25, 0.3) is 77.9 Å². The minimum absolute atomic E-state index is 0.260. The van der Waals surface area contributed by atoms with Crippen LogP contribution in [0.15, 0.2) is 328 Å². The largest absolute Gasteiger partial charge is 0.310 e. The molecule has 1 unspecified atom stereocenters. The van der Waals surface area contributed by atoms with E-state index in [9.17, 15) is 0 Å². The normalized spacial score (nSPS) is 14.7. The molecule has 0 fully saturated rings. The van der Waals surface area contributed by atoms with Crippen molar-refractivity contribution >= 4 is 34.1 Å². The lowest BCUT2D eigenvalue weighted by atomic mass is 9.65. The van der Waals surface area contributed by atoms with E-state index in [1.165, 1.54) is 305 Å². The number of terminal acetylenes is 1. The van der Waals surface area contributed by atoms with Crippen molar-refractivity contribution in [2.45, 2.75) is 264 Å². The summed E-state index contributed by atoms with van der Waals surface area (Å²) >= 11 is 0. The third kappa shape index (κ3) is 17.6. The third-order valence-corrected chi connectivity index (χ3v) is 34.1. The molecule has 0 heterocycles. The monoisotopic (exact) mass is 1880 g/mol. The molecule has 720 valence electrons. The first-order valence-corrected chi connectivity index (χ1v) is 55.1. The number of fused-ring (bicyclic) bond motifs is 14. The van der Waals surface area contributed by atoms with Crippen molar-refractivity contribution in [1.29, 1.82) is 0 Å². The van der Waals surface area contributed by atoms with E-state index < -0.39 is 16.2 Å². The summed E-state index contributed by atoms with van der Waals surface area (Å²) in [6, 6.07) is 131. The molecule has 16 aromatic carbocycles. The molecule has 0 amide bonds. The number of rotatable bonds is 37. The van der Waals surface area contributed by atoms with Crippen LogP contribution < -0.4 is 9.80 Å². The molecule has 0 saturated heterocycles. The first-order valence-electron chi connectivity index (χ1n) is 55.1. The Hall–Kier alpha value is -14.2. The standard InChI is InChI=1S/C143H138N2/c1-11-16-21-26-28-33-84-141(85-34-29-27-22-17-12-2)134-96-122(73-81-126(134)127-82-74-123(97-135(127)141)145(119-67-45-99(7)46-68-119)121-71-57-107(58-72-121)111-60-79-130-129-76-48-101(9)87-137(129)143(138(130)94-111,116-63-53-104-49-51-108(104)90-116)117-64-54-105-50-52-109(105)91-117)144(118-65-43-98(6)44-66-118)120-69-55-106(56-70-120)110-59-77-124-125-78-61-112(93-133(125)140(10,132(124)92-110)83-32-25-20-15-5)113-62-80-131-128-75-47-100(8)86-136(128)142(139(131)95-113,114-41-35-39-102(88-114)37-30-23-18-13-3)115-42-36-40-103(89-115)38-31-24-19-14-4/h5,35-36,39-48,53-82,86-97H,11-14,16-19,21-24,26-31,33-34,37-38,49-52,84-85H2,1-4,6-10H3. The molecule has 0 radical (unpaired) electrons. The Kier molecular flexibility index (Phi) is 27.1. The molecule has 1 atom stereocenters. The van der Waals surface area contributed by atoms with E-state index in [1.807, 2.05) is 0 Å². The van der Waals surface area contributed by atoms with Gasteiger partial charge in [-0.3, -0.25) is 0 Å². The van der Waals surface area contributed by atoms with Crippen molar-refractivity contribution in [1.82, 2.24) is 0 Å². The summed E-state index contributed by atoms with van der Waals surface area (Å²) in [4.78, 5) is 5.08. The molecule has 0 saturated carbocycles. The van der Waals surface area contributed by atoms with E-state index in [4.69, 9.17) is 6.42 Å². The van der Waals surface area contributed by atoms with Crippen molar-refractivity contribution in [3.05, 3.63) is 450 Å². The predicted molar refractivity (Wildman–Crippen MR) is 615 cm³/mol. The molecule has 145 heavy (non-hydrogen) atoms. The Morgan fingerprint density at radius 2 is 0.559 bits per heavy atom. The van der Waals surface area contributed by atoms with Crippen molar-refractivity contribution in [3.8, 4) is 114 Å². The van der Waals surface area contributed by atoms with Crippen LogP contribution in [0.5, 0.6) is 0 Å². The lowest BCUT2D eigenvalue weighted by Gasteiger charge is -2.37. The van der Waals surface area contributed by atoms with Crippen LogP contribution in [0.1, 0.15) is 298 Å². The van der Waals surface area contributed by atoms with Gasteiger partial charge < -0.3 is 9.80 Å². The summed E-state index contributed by atoms with van der Waals surface area (Å²) in [7, 11) is 0. The zero-order valence-electron chi connectivity index (χ0n) is 86.9. The SMILES string of the molecule is C#CC#CC#CC1(C)c2cc(-c3ccc(N(c4ccc(C)cc4)c4ccc5c(c4)C(CCCCCCCC)(CCCCCCCC)c4cc(N(c6ccc(C)cc6)c6ccc(-c7ccc8c(c7)C(c7ccc9c(c7)CC9)(c7ccc9c(c7)CC9)c7cc(C)ccc7-8)cc6)ccc4-5)cc3)ccc2-c2ccc(-c3ccc4c(c3)C(c3cccc(CCCCCC)c3)(c3cccc(CCCCCC)c3)c3cc(C)ccc3-4)cc21. The van der Waals surface area contributed by atoms with Gasteiger partial charge >= 0.3 is 0 Å². The molecule has 0 spiro atoms. The zero-order chi connectivity index (χ0) is 98.9. The van der Waals surface area contributed by atoms with Gasteiger partial charge in [-0.25, -0.2) is 0 Å². The van der Waals surface area contributed by atoms with Gasteiger partial charge in [-0.05, 0) is 398 Å². The Morgan fingerprint density at radius 1 is 0.248 bits per heavy atom. The van der Waals surface area contributed by atoms with Crippen LogP contribution in [-0.2, 0) is 60.2 Å². The second-order valence-electron chi connectivity index (χ2n) is 43.4. The number of nitrogens with zero attached hydrogens (tertiary/aromatic N) is 2. The minimum atomic E-state index is -0.742. The molecule has 0 N–H and O–H groups in total. The lowest BCUT2D eigenvalue weighted by molar-refractivity contribution is 0.398. The second-order valence-corrected chi connectivity index (χ2v) is 43.4. The van der Waals surface area contributed by atoms with E-state index >= 15 is 0 Å². The van der Waals surface area contributed by atoms with Gasteiger partial charge in [0.2, 0.25) is 0 Å². The highest BCUT2D eigenvalue weighted by molar-refractivity contribution is 5.95. The second kappa shape index (κ2) is 41.1. The Balaban J connectivity index is 0.615. The van der Waals surface area contributed by atoms with Crippen LogP contribution in [0.2, 0.25) is 0 Å². The molecule has 0 aliphatic heterocycles. The maximum Gasteiger partial charge on any atom is 0.0806 e. The highest BCUT2D eigenvalue weighted by Crippen LogP contribution is 2.63. The van der Waals surface area contributed by atoms with Crippen molar-refractivity contribution < 1.29 is 0 Å². The van der Waals surface area contributed by atoms with Gasteiger partial charge in [0.05, 0.1) is 16.2 Å². The lowest BCUT2D eigenvalue weighted by Crippen LogP contribution is -2.30. The summed E-state index contributed by atoms with van der Waals surface area (Å²) < 4.78 is 0. The fourth-order valence-electron chi connectivity index (χ4n) is 26.1. The van der Waals surface area contributed by atoms with Gasteiger partial charge in [-0.15, -0.1) is 6.42 Å². The zero-order valence-corrected chi connectivity index (χ0v) is 86.9. The number of aryl methyl sites for hydroxylation is 10. The number of unbranched alkanes of at least 4 members (excludes halogenated alkanes) is 16. The molecule has 22 rings (SSSR count). The van der Waals surface area contributed by atoms with Gasteiger partial charge in [0.15, 0.2) is 0 Å².